The summed E-state index contributed by atoms with van der Waals surface area (Å²) in [6.07, 6.45) is 2.88. The second-order valence-corrected chi connectivity index (χ2v) is 4.46. The van der Waals surface area contributed by atoms with Crippen molar-refractivity contribution in [2.24, 2.45) is 0 Å². The second-order valence-electron chi connectivity index (χ2n) is 4.46. The molecule has 1 unspecified atom stereocenters. The van der Waals surface area contributed by atoms with Crippen molar-refractivity contribution in [2.45, 2.75) is 18.8 Å². The molecule has 1 heteroatoms. The highest BCUT2D eigenvalue weighted by molar-refractivity contribution is 5.69. The number of rotatable bonds is 4. The first-order valence-corrected chi connectivity index (χ1v) is 5.73. The highest BCUT2D eigenvalue weighted by Gasteiger charge is 2.27. The van der Waals surface area contributed by atoms with E-state index in [2.05, 4.69) is 6.29 Å². The minimum atomic E-state index is -0.567. The minimum absolute atomic E-state index is 0.567. The monoisotopic (exact) mass is 223 g/mol. The van der Waals surface area contributed by atoms with Gasteiger partial charge >= 0.3 is 0 Å². The van der Waals surface area contributed by atoms with Crippen molar-refractivity contribution in [3.63, 3.8) is 0 Å². The molecule has 0 saturated carbocycles. The maximum absolute atomic E-state index is 11.3. The van der Waals surface area contributed by atoms with E-state index >= 15 is 0 Å². The molecule has 0 saturated heterocycles. The molecule has 0 bridgehead atoms. The van der Waals surface area contributed by atoms with Gasteiger partial charge in [0.15, 0.2) is 0 Å². The van der Waals surface area contributed by atoms with Crippen LogP contribution in [0.4, 0.5) is 0 Å². The molecule has 0 aliphatic heterocycles. The molecular weight excluding hydrogens is 208 g/mol. The zero-order valence-corrected chi connectivity index (χ0v) is 9.89. The zero-order valence-electron chi connectivity index (χ0n) is 9.89. The van der Waals surface area contributed by atoms with Crippen LogP contribution in [0.15, 0.2) is 60.7 Å². The summed E-state index contributed by atoms with van der Waals surface area (Å²) in [4.78, 5) is 11.3. The largest absolute Gasteiger partial charge is 0.290 e. The number of benzene rings is 2. The fourth-order valence-electron chi connectivity index (χ4n) is 2.01. The smallest absolute Gasteiger partial charge is 0.209 e. The van der Waals surface area contributed by atoms with Gasteiger partial charge in [0.2, 0.25) is 6.29 Å². The van der Waals surface area contributed by atoms with Gasteiger partial charge in [-0.15, -0.1) is 0 Å². The summed E-state index contributed by atoms with van der Waals surface area (Å²) in [5.41, 5.74) is 1.60. The van der Waals surface area contributed by atoms with E-state index in [-0.39, 0.29) is 0 Å². The van der Waals surface area contributed by atoms with Crippen molar-refractivity contribution < 1.29 is 4.79 Å². The quantitative estimate of drug-likeness (QED) is 0.777. The van der Waals surface area contributed by atoms with E-state index in [9.17, 15) is 4.79 Å². The van der Waals surface area contributed by atoms with Crippen LogP contribution in [0.5, 0.6) is 0 Å². The summed E-state index contributed by atoms with van der Waals surface area (Å²) < 4.78 is 0. The molecule has 0 fully saturated rings. The van der Waals surface area contributed by atoms with Crippen LogP contribution in [-0.2, 0) is 16.6 Å². The van der Waals surface area contributed by atoms with Gasteiger partial charge in [0.25, 0.3) is 0 Å². The van der Waals surface area contributed by atoms with Crippen molar-refractivity contribution in [1.82, 2.24) is 0 Å². The van der Waals surface area contributed by atoms with E-state index < -0.39 is 5.41 Å². The molecule has 1 radical (unpaired) electrons. The molecule has 0 spiro atoms. The van der Waals surface area contributed by atoms with Gasteiger partial charge in [-0.2, -0.15) is 0 Å². The summed E-state index contributed by atoms with van der Waals surface area (Å²) in [5.74, 6) is 0. The average molecular weight is 223 g/mol. The maximum Gasteiger partial charge on any atom is 0.209 e. The lowest BCUT2D eigenvalue weighted by atomic mass is 9.79. The second kappa shape index (κ2) is 4.96. The fourth-order valence-corrected chi connectivity index (χ4v) is 2.01. The molecule has 85 valence electrons. The number of hydrogen-bond acceptors (Lipinski definition) is 1. The van der Waals surface area contributed by atoms with E-state index in [0.717, 1.165) is 11.1 Å². The minimum Gasteiger partial charge on any atom is -0.290 e. The highest BCUT2D eigenvalue weighted by atomic mass is 16.1. The highest BCUT2D eigenvalue weighted by Crippen LogP contribution is 2.25. The summed E-state index contributed by atoms with van der Waals surface area (Å²) in [5, 5.41) is 0. The number of hydrogen-bond donors (Lipinski definition) is 0. The van der Waals surface area contributed by atoms with E-state index in [1.165, 1.54) is 0 Å². The van der Waals surface area contributed by atoms with Crippen LogP contribution >= 0.6 is 0 Å². The molecule has 2 rings (SSSR count). The fraction of sp³-hybridized carbons (Fsp3) is 0.188. The molecule has 0 aliphatic rings. The van der Waals surface area contributed by atoms with Crippen molar-refractivity contribution in [3.05, 3.63) is 71.8 Å². The van der Waals surface area contributed by atoms with Gasteiger partial charge in [-0.25, -0.2) is 0 Å². The number of carbonyl (C=O) groups excluding carboxylic acids is 1. The molecular formula is C16H15O. The van der Waals surface area contributed by atoms with Crippen LogP contribution in [0, 0.1) is 0 Å². The first-order valence-electron chi connectivity index (χ1n) is 5.73. The van der Waals surface area contributed by atoms with E-state index in [4.69, 9.17) is 0 Å². The molecule has 0 heterocycles. The lowest BCUT2D eigenvalue weighted by Crippen LogP contribution is -2.26. The summed E-state index contributed by atoms with van der Waals surface area (Å²) in [6.45, 7) is 1.93. The maximum atomic E-state index is 11.3. The third-order valence-electron chi connectivity index (χ3n) is 3.04. The Morgan fingerprint density at radius 1 is 0.941 bits per heavy atom. The Bertz CT molecular complexity index is 475. The molecule has 0 N–H and O–H groups in total. The first-order chi connectivity index (χ1) is 8.24. The van der Waals surface area contributed by atoms with E-state index in [1.807, 2.05) is 67.6 Å². The first kappa shape index (κ1) is 11.6. The molecule has 0 aliphatic carbocycles. The Morgan fingerprint density at radius 2 is 1.47 bits per heavy atom. The average Bonchev–Trinajstić information content (AvgIpc) is 2.41. The predicted molar refractivity (Wildman–Crippen MR) is 69.6 cm³/mol. The van der Waals surface area contributed by atoms with Gasteiger partial charge < -0.3 is 0 Å². The molecule has 17 heavy (non-hydrogen) atoms. The van der Waals surface area contributed by atoms with Gasteiger partial charge in [0.1, 0.15) is 0 Å². The Kier molecular flexibility index (Phi) is 3.38. The van der Waals surface area contributed by atoms with Crippen LogP contribution in [0.3, 0.4) is 0 Å². The third kappa shape index (κ3) is 2.62. The van der Waals surface area contributed by atoms with Crippen LogP contribution in [0.1, 0.15) is 18.1 Å². The lowest BCUT2D eigenvalue weighted by molar-refractivity contribution is 0.500. The van der Waals surface area contributed by atoms with Gasteiger partial charge in [-0.05, 0) is 24.5 Å². The standard InChI is InChI=1S/C16H15O/c1-16(13-17,15-10-6-3-7-11-15)12-14-8-4-2-5-9-14/h2-11H,12H2,1H3. The van der Waals surface area contributed by atoms with E-state index in [1.54, 1.807) is 0 Å². The van der Waals surface area contributed by atoms with Gasteiger partial charge in [-0.1, -0.05) is 60.7 Å². The normalized spacial score (nSPS) is 13.9. The molecule has 1 nitrogen and oxygen atoms in total. The predicted octanol–water partition coefficient (Wildman–Crippen LogP) is 3.30. The summed E-state index contributed by atoms with van der Waals surface area (Å²) >= 11 is 0. The Hall–Kier alpha value is -1.89. The van der Waals surface area contributed by atoms with Crippen molar-refractivity contribution in [1.29, 1.82) is 0 Å². The molecule has 0 aromatic heterocycles. The molecule has 0 amide bonds. The summed E-state index contributed by atoms with van der Waals surface area (Å²) in [6, 6.07) is 19.9. The van der Waals surface area contributed by atoms with Gasteiger partial charge in [0.05, 0.1) is 5.41 Å². The van der Waals surface area contributed by atoms with Crippen molar-refractivity contribution in [3.8, 4) is 0 Å². The molecule has 1 atom stereocenters. The van der Waals surface area contributed by atoms with Crippen LogP contribution in [-0.4, -0.2) is 6.29 Å². The van der Waals surface area contributed by atoms with Crippen LogP contribution < -0.4 is 0 Å². The van der Waals surface area contributed by atoms with E-state index in [0.29, 0.717) is 6.42 Å². The van der Waals surface area contributed by atoms with Crippen molar-refractivity contribution >= 4 is 6.29 Å². The van der Waals surface area contributed by atoms with Crippen LogP contribution in [0.25, 0.3) is 0 Å². The zero-order chi connectivity index (χ0) is 12.1. The third-order valence-corrected chi connectivity index (χ3v) is 3.04. The lowest BCUT2D eigenvalue weighted by Gasteiger charge is -2.22. The van der Waals surface area contributed by atoms with Crippen LogP contribution in [0.2, 0.25) is 0 Å². The Labute approximate surface area is 102 Å². The van der Waals surface area contributed by atoms with Gasteiger partial charge in [-0.3, -0.25) is 4.79 Å². The topological polar surface area (TPSA) is 17.1 Å². The Morgan fingerprint density at radius 3 is 2.00 bits per heavy atom. The molecule has 2 aromatic rings. The SMILES string of the molecule is CC([C]=O)(Cc1ccccc1)c1ccccc1. The Balaban J connectivity index is 2.30. The van der Waals surface area contributed by atoms with Gasteiger partial charge in [0, 0.05) is 0 Å². The summed E-state index contributed by atoms with van der Waals surface area (Å²) in [7, 11) is 0. The van der Waals surface area contributed by atoms with Crippen molar-refractivity contribution in [2.75, 3.05) is 0 Å². The molecule has 2 aromatic carbocycles.